The molecule has 0 aliphatic heterocycles. The van der Waals surface area contributed by atoms with E-state index in [1.165, 1.54) is 11.8 Å². The summed E-state index contributed by atoms with van der Waals surface area (Å²) in [4.78, 5) is 23.3. The molecule has 0 radical (unpaired) electrons. The Morgan fingerprint density at radius 1 is 1.21 bits per heavy atom. The van der Waals surface area contributed by atoms with Gasteiger partial charge in [-0.15, -0.1) is 10.2 Å². The summed E-state index contributed by atoms with van der Waals surface area (Å²) in [6.45, 7) is 5.00. The first-order valence-electron chi connectivity index (χ1n) is 7.74. The van der Waals surface area contributed by atoms with Crippen LogP contribution in [0.4, 0.5) is 4.79 Å². The van der Waals surface area contributed by atoms with Crippen molar-refractivity contribution in [1.29, 1.82) is 0 Å². The second kappa shape index (κ2) is 9.07. The van der Waals surface area contributed by atoms with Crippen LogP contribution in [0.5, 0.6) is 0 Å². The molecule has 3 amide bonds. The second-order valence-corrected chi connectivity index (χ2v) is 6.14. The number of hydrogen-bond donors (Lipinski definition) is 2. The third-order valence-electron chi connectivity index (χ3n) is 3.21. The highest BCUT2D eigenvalue weighted by Gasteiger charge is 2.13. The van der Waals surface area contributed by atoms with Crippen LogP contribution >= 0.6 is 11.8 Å². The van der Waals surface area contributed by atoms with Gasteiger partial charge in [0.25, 0.3) is 0 Å². The van der Waals surface area contributed by atoms with Crippen molar-refractivity contribution >= 4 is 23.7 Å². The zero-order valence-electron chi connectivity index (χ0n) is 13.8. The molecule has 128 valence electrons. The number of hydrogen-bond acceptors (Lipinski definition) is 5. The van der Waals surface area contributed by atoms with Crippen LogP contribution in [-0.4, -0.2) is 39.0 Å². The molecular formula is C16H21N5O2S. The maximum absolute atomic E-state index is 11.8. The number of imide groups is 1. The smallest absolute Gasteiger partial charge is 0.321 e. The number of thioether (sulfide) groups is 1. The Morgan fingerprint density at radius 3 is 2.67 bits per heavy atom. The van der Waals surface area contributed by atoms with Crippen LogP contribution in [0.1, 0.15) is 24.7 Å². The number of benzene rings is 1. The minimum Gasteiger partial charge on any atom is -0.338 e. The van der Waals surface area contributed by atoms with E-state index in [4.69, 9.17) is 0 Å². The molecule has 7 nitrogen and oxygen atoms in total. The zero-order chi connectivity index (χ0) is 17.4. The molecule has 2 aromatic rings. The SMILES string of the molecule is CCCNC(=O)NC(=O)CSc1nnc(C)n1Cc1ccccc1. The molecular weight excluding hydrogens is 326 g/mol. The summed E-state index contributed by atoms with van der Waals surface area (Å²) in [5, 5.41) is 13.7. The first-order valence-corrected chi connectivity index (χ1v) is 8.73. The Kier molecular flexibility index (Phi) is 6.80. The highest BCUT2D eigenvalue weighted by molar-refractivity contribution is 7.99. The number of aryl methyl sites for hydroxylation is 1. The Labute approximate surface area is 145 Å². The van der Waals surface area contributed by atoms with Crippen LogP contribution in [0.15, 0.2) is 35.5 Å². The standard InChI is InChI=1S/C16H21N5O2S/c1-3-9-17-15(23)18-14(22)11-24-16-20-19-12(2)21(16)10-13-7-5-4-6-8-13/h4-8H,3,9-11H2,1-2H3,(H2,17,18,22,23). The van der Waals surface area contributed by atoms with E-state index in [1.807, 2.05) is 48.7 Å². The zero-order valence-corrected chi connectivity index (χ0v) is 14.6. The van der Waals surface area contributed by atoms with Crippen molar-refractivity contribution < 1.29 is 9.59 Å². The van der Waals surface area contributed by atoms with Gasteiger partial charge in [-0.2, -0.15) is 0 Å². The number of rotatable bonds is 7. The van der Waals surface area contributed by atoms with Crippen molar-refractivity contribution in [3.05, 3.63) is 41.7 Å². The molecule has 1 aromatic carbocycles. The average molecular weight is 347 g/mol. The molecule has 0 unspecified atom stereocenters. The van der Waals surface area contributed by atoms with E-state index in [0.717, 1.165) is 17.8 Å². The molecule has 0 aliphatic carbocycles. The maximum atomic E-state index is 11.8. The number of carbonyl (C=O) groups is 2. The van der Waals surface area contributed by atoms with Gasteiger partial charge >= 0.3 is 6.03 Å². The summed E-state index contributed by atoms with van der Waals surface area (Å²) in [6.07, 6.45) is 0.818. The van der Waals surface area contributed by atoms with E-state index in [2.05, 4.69) is 20.8 Å². The highest BCUT2D eigenvalue weighted by Crippen LogP contribution is 2.18. The molecule has 0 fully saturated rings. The van der Waals surface area contributed by atoms with Crippen molar-refractivity contribution in [1.82, 2.24) is 25.4 Å². The average Bonchev–Trinajstić information content (AvgIpc) is 2.92. The van der Waals surface area contributed by atoms with Gasteiger partial charge in [0.2, 0.25) is 5.91 Å². The molecule has 2 N–H and O–H groups in total. The quantitative estimate of drug-likeness (QED) is 0.748. The van der Waals surface area contributed by atoms with Gasteiger partial charge in [-0.25, -0.2) is 4.79 Å². The summed E-state index contributed by atoms with van der Waals surface area (Å²) in [6, 6.07) is 9.50. The maximum Gasteiger partial charge on any atom is 0.321 e. The Morgan fingerprint density at radius 2 is 1.96 bits per heavy atom. The minimum absolute atomic E-state index is 0.104. The van der Waals surface area contributed by atoms with Gasteiger partial charge in [-0.3, -0.25) is 10.1 Å². The molecule has 0 saturated heterocycles. The highest BCUT2D eigenvalue weighted by atomic mass is 32.2. The van der Waals surface area contributed by atoms with Crippen molar-refractivity contribution in [2.45, 2.75) is 32.0 Å². The van der Waals surface area contributed by atoms with Crippen LogP contribution in [-0.2, 0) is 11.3 Å². The van der Waals surface area contributed by atoms with Crippen molar-refractivity contribution in [2.75, 3.05) is 12.3 Å². The molecule has 0 aliphatic rings. The Hall–Kier alpha value is -2.35. The predicted octanol–water partition coefficient (Wildman–Crippen LogP) is 1.96. The first kappa shape index (κ1) is 18.0. The van der Waals surface area contributed by atoms with Gasteiger partial charge in [0, 0.05) is 6.54 Å². The van der Waals surface area contributed by atoms with Gasteiger partial charge < -0.3 is 9.88 Å². The van der Waals surface area contributed by atoms with Gasteiger partial charge in [0.05, 0.1) is 12.3 Å². The van der Waals surface area contributed by atoms with Crippen molar-refractivity contribution in [3.63, 3.8) is 0 Å². The molecule has 0 atom stereocenters. The number of carbonyl (C=O) groups excluding carboxylic acids is 2. The van der Waals surface area contributed by atoms with E-state index in [-0.39, 0.29) is 11.7 Å². The number of amides is 3. The number of nitrogens with zero attached hydrogens (tertiary/aromatic N) is 3. The molecule has 0 saturated carbocycles. The molecule has 2 rings (SSSR count). The largest absolute Gasteiger partial charge is 0.338 e. The fraction of sp³-hybridized carbons (Fsp3) is 0.375. The van der Waals surface area contributed by atoms with Crippen molar-refractivity contribution in [3.8, 4) is 0 Å². The van der Waals surface area contributed by atoms with Gasteiger partial charge in [0.1, 0.15) is 5.82 Å². The monoisotopic (exact) mass is 347 g/mol. The summed E-state index contributed by atoms with van der Waals surface area (Å²) in [7, 11) is 0. The van der Waals surface area contributed by atoms with E-state index < -0.39 is 6.03 Å². The fourth-order valence-corrected chi connectivity index (χ4v) is 2.78. The minimum atomic E-state index is -0.468. The summed E-state index contributed by atoms with van der Waals surface area (Å²) < 4.78 is 1.95. The van der Waals surface area contributed by atoms with Crippen LogP contribution in [0, 0.1) is 6.92 Å². The van der Waals surface area contributed by atoms with Crippen molar-refractivity contribution in [2.24, 2.45) is 0 Å². The lowest BCUT2D eigenvalue weighted by molar-refractivity contribution is -0.117. The molecule has 0 bridgehead atoms. The second-order valence-electron chi connectivity index (χ2n) is 5.19. The first-order chi connectivity index (χ1) is 11.6. The number of urea groups is 1. The Bertz CT molecular complexity index is 687. The number of nitrogens with one attached hydrogen (secondary N) is 2. The van der Waals surface area contributed by atoms with Gasteiger partial charge in [0.15, 0.2) is 5.16 Å². The molecule has 1 heterocycles. The van der Waals surface area contributed by atoms with Gasteiger partial charge in [-0.1, -0.05) is 49.0 Å². The fourth-order valence-electron chi connectivity index (χ4n) is 1.99. The van der Waals surface area contributed by atoms with E-state index in [9.17, 15) is 9.59 Å². The van der Waals surface area contributed by atoms with E-state index >= 15 is 0 Å². The summed E-state index contributed by atoms with van der Waals surface area (Å²) in [5.41, 5.74) is 1.13. The lowest BCUT2D eigenvalue weighted by Gasteiger charge is -2.09. The third-order valence-corrected chi connectivity index (χ3v) is 4.17. The summed E-state index contributed by atoms with van der Waals surface area (Å²) in [5.74, 6) is 0.523. The van der Waals surface area contributed by atoms with E-state index in [0.29, 0.717) is 18.2 Å². The van der Waals surface area contributed by atoms with Crippen LogP contribution < -0.4 is 10.6 Å². The number of aromatic nitrogens is 3. The third kappa shape index (κ3) is 5.38. The molecule has 24 heavy (non-hydrogen) atoms. The van der Waals surface area contributed by atoms with Crippen LogP contribution in [0.25, 0.3) is 0 Å². The lowest BCUT2D eigenvalue weighted by atomic mass is 10.2. The topological polar surface area (TPSA) is 88.9 Å². The normalized spacial score (nSPS) is 10.4. The molecule has 8 heteroatoms. The predicted molar refractivity (Wildman–Crippen MR) is 92.9 cm³/mol. The molecule has 0 spiro atoms. The van der Waals surface area contributed by atoms with Gasteiger partial charge in [-0.05, 0) is 18.9 Å². The van der Waals surface area contributed by atoms with E-state index in [1.54, 1.807) is 0 Å². The van der Waals surface area contributed by atoms with Crippen LogP contribution in [0.3, 0.4) is 0 Å². The summed E-state index contributed by atoms with van der Waals surface area (Å²) >= 11 is 1.26. The lowest BCUT2D eigenvalue weighted by Crippen LogP contribution is -2.40. The molecule has 1 aromatic heterocycles. The Balaban J connectivity index is 1.91. The van der Waals surface area contributed by atoms with Crippen LogP contribution in [0.2, 0.25) is 0 Å².